The Kier molecular flexibility index (Phi) is 8.33. The molecule has 0 spiro atoms. The van der Waals surface area contributed by atoms with Crippen LogP contribution in [0, 0.1) is 0 Å². The van der Waals surface area contributed by atoms with Gasteiger partial charge in [0.2, 0.25) is 0 Å². The van der Waals surface area contributed by atoms with Gasteiger partial charge < -0.3 is 20.5 Å². The zero-order valence-electron chi connectivity index (χ0n) is 15.7. The molecule has 2 rings (SSSR count). The summed E-state index contributed by atoms with van der Waals surface area (Å²) in [6.07, 6.45) is 2.78. The molecule has 3 N–H and O–H groups in total. The number of ether oxygens (including phenoxy) is 2. The summed E-state index contributed by atoms with van der Waals surface area (Å²) in [5.74, 6) is 2.06. The predicted octanol–water partition coefficient (Wildman–Crippen LogP) is 3.17. The summed E-state index contributed by atoms with van der Waals surface area (Å²) in [5.41, 5.74) is 8.42. The van der Waals surface area contributed by atoms with Gasteiger partial charge in [-0.2, -0.15) is 0 Å². The molecule has 0 atom stereocenters. The maximum atomic E-state index is 5.92. The minimum absolute atomic E-state index is 0.505. The number of aliphatic imine (C=N–C) groups is 1. The van der Waals surface area contributed by atoms with E-state index in [4.69, 9.17) is 15.2 Å². The van der Waals surface area contributed by atoms with Gasteiger partial charge in [-0.15, -0.1) is 0 Å². The summed E-state index contributed by atoms with van der Waals surface area (Å²) in [6.45, 7) is 4.07. The lowest BCUT2D eigenvalue weighted by molar-refractivity contribution is 0.310. The maximum absolute atomic E-state index is 5.92. The Bertz CT molecular complexity index is 687. The standard InChI is InChI=1S/C21H29N3O2/c1-3-26-20-16-18(11-12-19(20)25-2)10-7-14-23-21(22)24-15-13-17-8-5-4-6-9-17/h4-6,8-9,11-12,16H,3,7,10,13-15H2,1-2H3,(H3,22,23,24). The van der Waals surface area contributed by atoms with Crippen LogP contribution in [-0.4, -0.2) is 32.8 Å². The van der Waals surface area contributed by atoms with E-state index < -0.39 is 0 Å². The van der Waals surface area contributed by atoms with Gasteiger partial charge in [0.1, 0.15) is 0 Å². The van der Waals surface area contributed by atoms with Gasteiger partial charge in [-0.05, 0) is 49.4 Å². The smallest absolute Gasteiger partial charge is 0.188 e. The predicted molar refractivity (Wildman–Crippen MR) is 107 cm³/mol. The van der Waals surface area contributed by atoms with Crippen molar-refractivity contribution in [1.82, 2.24) is 5.32 Å². The number of guanidine groups is 1. The first-order valence-corrected chi connectivity index (χ1v) is 9.10. The number of nitrogens with zero attached hydrogens (tertiary/aromatic N) is 1. The van der Waals surface area contributed by atoms with Crippen molar-refractivity contribution in [2.45, 2.75) is 26.2 Å². The summed E-state index contributed by atoms with van der Waals surface area (Å²) in [4.78, 5) is 4.39. The van der Waals surface area contributed by atoms with Crippen LogP contribution in [0.4, 0.5) is 0 Å². The Hall–Kier alpha value is -2.69. The molecule has 0 aliphatic carbocycles. The van der Waals surface area contributed by atoms with Crippen LogP contribution < -0.4 is 20.5 Å². The van der Waals surface area contributed by atoms with E-state index in [9.17, 15) is 0 Å². The van der Waals surface area contributed by atoms with E-state index in [-0.39, 0.29) is 0 Å². The molecule has 0 saturated carbocycles. The first kappa shape index (κ1) is 19.6. The number of hydrogen-bond donors (Lipinski definition) is 2. The minimum Gasteiger partial charge on any atom is -0.493 e. The van der Waals surface area contributed by atoms with Crippen molar-refractivity contribution in [1.29, 1.82) is 0 Å². The minimum atomic E-state index is 0.505. The Morgan fingerprint density at radius 1 is 1.04 bits per heavy atom. The summed E-state index contributed by atoms with van der Waals surface area (Å²) < 4.78 is 10.9. The van der Waals surface area contributed by atoms with E-state index in [1.807, 2.05) is 37.3 Å². The third kappa shape index (κ3) is 6.67. The summed E-state index contributed by atoms with van der Waals surface area (Å²) in [5, 5.41) is 3.16. The first-order valence-electron chi connectivity index (χ1n) is 9.10. The first-order chi connectivity index (χ1) is 12.7. The molecule has 0 fully saturated rings. The molecule has 0 aromatic heterocycles. The second-order valence-electron chi connectivity index (χ2n) is 5.95. The van der Waals surface area contributed by atoms with Gasteiger partial charge in [-0.25, -0.2) is 0 Å². The van der Waals surface area contributed by atoms with Crippen LogP contribution in [0.2, 0.25) is 0 Å². The highest BCUT2D eigenvalue weighted by Crippen LogP contribution is 2.28. The Morgan fingerprint density at radius 3 is 2.58 bits per heavy atom. The van der Waals surface area contributed by atoms with Gasteiger partial charge in [-0.1, -0.05) is 36.4 Å². The molecule has 2 aromatic carbocycles. The molecule has 0 heterocycles. The molecule has 0 saturated heterocycles. The van der Waals surface area contributed by atoms with E-state index in [1.54, 1.807) is 7.11 Å². The van der Waals surface area contributed by atoms with Crippen LogP contribution in [0.15, 0.2) is 53.5 Å². The summed E-state index contributed by atoms with van der Waals surface area (Å²) in [6, 6.07) is 16.4. The van der Waals surface area contributed by atoms with Crippen molar-refractivity contribution in [3.63, 3.8) is 0 Å². The zero-order chi connectivity index (χ0) is 18.6. The SMILES string of the molecule is CCOc1cc(CCCN=C(N)NCCc2ccccc2)ccc1OC. The Labute approximate surface area is 156 Å². The third-order valence-corrected chi connectivity index (χ3v) is 4.00. The number of rotatable bonds is 10. The normalized spacial score (nSPS) is 11.2. The molecule has 0 unspecified atom stereocenters. The topological polar surface area (TPSA) is 68.9 Å². The molecule has 0 bridgehead atoms. The van der Waals surface area contributed by atoms with Crippen LogP contribution >= 0.6 is 0 Å². The number of hydrogen-bond acceptors (Lipinski definition) is 3. The highest BCUT2D eigenvalue weighted by Gasteiger charge is 2.05. The van der Waals surface area contributed by atoms with Crippen molar-refractivity contribution in [3.8, 4) is 11.5 Å². The van der Waals surface area contributed by atoms with Gasteiger partial charge in [0, 0.05) is 13.1 Å². The van der Waals surface area contributed by atoms with E-state index in [1.165, 1.54) is 11.1 Å². The quantitative estimate of drug-likeness (QED) is 0.390. The average Bonchev–Trinajstić information content (AvgIpc) is 2.66. The second-order valence-corrected chi connectivity index (χ2v) is 5.95. The lowest BCUT2D eigenvalue weighted by Crippen LogP contribution is -2.33. The number of benzene rings is 2. The van der Waals surface area contributed by atoms with Crippen molar-refractivity contribution in [2.75, 3.05) is 26.8 Å². The fourth-order valence-electron chi connectivity index (χ4n) is 2.66. The number of aryl methyl sites for hydroxylation is 1. The van der Waals surface area contributed by atoms with Gasteiger partial charge in [0.05, 0.1) is 13.7 Å². The fraction of sp³-hybridized carbons (Fsp3) is 0.381. The molecule has 26 heavy (non-hydrogen) atoms. The van der Waals surface area contributed by atoms with Gasteiger partial charge in [0.15, 0.2) is 17.5 Å². The largest absolute Gasteiger partial charge is 0.493 e. The molecule has 5 nitrogen and oxygen atoms in total. The van der Waals surface area contributed by atoms with Gasteiger partial charge in [0.25, 0.3) is 0 Å². The monoisotopic (exact) mass is 355 g/mol. The molecule has 0 aliphatic rings. The maximum Gasteiger partial charge on any atom is 0.188 e. The molecule has 0 radical (unpaired) electrons. The lowest BCUT2D eigenvalue weighted by atomic mass is 10.1. The van der Waals surface area contributed by atoms with Crippen molar-refractivity contribution < 1.29 is 9.47 Å². The summed E-state index contributed by atoms with van der Waals surface area (Å²) in [7, 11) is 1.65. The Balaban J connectivity index is 1.71. The van der Waals surface area contributed by atoms with Crippen LogP contribution in [0.5, 0.6) is 11.5 Å². The van der Waals surface area contributed by atoms with Gasteiger partial charge in [-0.3, -0.25) is 4.99 Å². The van der Waals surface area contributed by atoms with Crippen LogP contribution in [0.3, 0.4) is 0 Å². The van der Waals surface area contributed by atoms with E-state index in [0.29, 0.717) is 19.1 Å². The molecule has 140 valence electrons. The van der Waals surface area contributed by atoms with E-state index in [0.717, 1.165) is 37.3 Å². The van der Waals surface area contributed by atoms with Crippen molar-refractivity contribution in [2.24, 2.45) is 10.7 Å². The molecule has 0 amide bonds. The number of methoxy groups -OCH3 is 1. The van der Waals surface area contributed by atoms with Crippen LogP contribution in [0.1, 0.15) is 24.5 Å². The van der Waals surface area contributed by atoms with E-state index in [2.05, 4.69) is 28.5 Å². The van der Waals surface area contributed by atoms with Crippen molar-refractivity contribution in [3.05, 3.63) is 59.7 Å². The number of nitrogens with one attached hydrogen (secondary N) is 1. The molecule has 2 aromatic rings. The molecule has 0 aliphatic heterocycles. The van der Waals surface area contributed by atoms with Crippen LogP contribution in [0.25, 0.3) is 0 Å². The number of nitrogens with two attached hydrogens (primary N) is 1. The molecular weight excluding hydrogens is 326 g/mol. The molecular formula is C21H29N3O2. The zero-order valence-corrected chi connectivity index (χ0v) is 15.7. The van der Waals surface area contributed by atoms with Crippen molar-refractivity contribution >= 4 is 5.96 Å². The lowest BCUT2D eigenvalue weighted by Gasteiger charge is -2.11. The second kappa shape index (κ2) is 11.0. The summed E-state index contributed by atoms with van der Waals surface area (Å²) >= 11 is 0. The van der Waals surface area contributed by atoms with Gasteiger partial charge >= 0.3 is 0 Å². The molecule has 5 heteroatoms. The highest BCUT2D eigenvalue weighted by atomic mass is 16.5. The third-order valence-electron chi connectivity index (χ3n) is 4.00. The Morgan fingerprint density at radius 2 is 1.85 bits per heavy atom. The van der Waals surface area contributed by atoms with Crippen LogP contribution in [-0.2, 0) is 12.8 Å². The highest BCUT2D eigenvalue weighted by molar-refractivity contribution is 5.77. The van der Waals surface area contributed by atoms with E-state index >= 15 is 0 Å². The average molecular weight is 355 g/mol. The fourth-order valence-corrected chi connectivity index (χ4v) is 2.66.